The van der Waals surface area contributed by atoms with E-state index in [1.165, 1.54) is 15.7 Å². The molecule has 0 spiro atoms. The van der Waals surface area contributed by atoms with Crippen molar-refractivity contribution in [3.63, 3.8) is 0 Å². The van der Waals surface area contributed by atoms with Gasteiger partial charge < -0.3 is 9.47 Å². The number of hydrogen-bond acceptors (Lipinski definition) is 5. The summed E-state index contributed by atoms with van der Waals surface area (Å²) in [5.41, 5.74) is 0. The number of rotatable bonds is 3. The molecule has 0 aliphatic carbocycles. The topological polar surface area (TPSA) is 76.1 Å². The van der Waals surface area contributed by atoms with Gasteiger partial charge in [0.05, 0.1) is 20.3 Å². The Labute approximate surface area is 120 Å². The summed E-state index contributed by atoms with van der Waals surface area (Å²) >= 11 is 0. The molecular formula is C12H22N2O5S. The summed E-state index contributed by atoms with van der Waals surface area (Å²) in [6.07, 6.45) is 3.84. The number of nitrogens with zero attached hydrogens (tertiary/aromatic N) is 2. The predicted molar refractivity (Wildman–Crippen MR) is 72.3 cm³/mol. The zero-order valence-electron chi connectivity index (χ0n) is 11.8. The lowest BCUT2D eigenvalue weighted by Crippen LogP contribution is -2.57. The molecular weight excluding hydrogens is 284 g/mol. The van der Waals surface area contributed by atoms with E-state index in [1.54, 1.807) is 0 Å². The van der Waals surface area contributed by atoms with Gasteiger partial charge in [-0.3, -0.25) is 4.79 Å². The first-order valence-corrected chi connectivity index (χ1v) is 8.39. The smallest absolute Gasteiger partial charge is 0.326 e. The molecule has 0 radical (unpaired) electrons. The minimum Gasteiger partial charge on any atom is -0.468 e. The van der Waals surface area contributed by atoms with Crippen LogP contribution in [0.15, 0.2) is 0 Å². The maximum atomic E-state index is 12.7. The Hall–Kier alpha value is -0.700. The molecule has 2 heterocycles. The Bertz CT molecular complexity index is 431. The second-order valence-electron chi connectivity index (χ2n) is 5.05. The van der Waals surface area contributed by atoms with Gasteiger partial charge in [-0.05, 0) is 12.8 Å². The Morgan fingerprint density at radius 3 is 2.40 bits per heavy atom. The second kappa shape index (κ2) is 6.84. The summed E-state index contributed by atoms with van der Waals surface area (Å²) in [4.78, 5) is 11.7. The minimum absolute atomic E-state index is 0.0553. The van der Waals surface area contributed by atoms with Crippen LogP contribution in [-0.2, 0) is 24.5 Å². The van der Waals surface area contributed by atoms with E-state index in [4.69, 9.17) is 4.74 Å². The summed E-state index contributed by atoms with van der Waals surface area (Å²) in [6.45, 7) is 1.60. The lowest BCUT2D eigenvalue weighted by molar-refractivity contribution is -0.149. The SMILES string of the molecule is COC(=O)C1COCCN1S(=O)(=O)N1CCCCCC1. The summed E-state index contributed by atoms with van der Waals surface area (Å²) < 4.78 is 38.0. The number of carbonyl (C=O) groups is 1. The van der Waals surface area contributed by atoms with Gasteiger partial charge in [0.1, 0.15) is 6.04 Å². The lowest BCUT2D eigenvalue weighted by Gasteiger charge is -2.36. The molecule has 0 bridgehead atoms. The van der Waals surface area contributed by atoms with E-state index in [1.807, 2.05) is 0 Å². The molecule has 2 aliphatic rings. The molecule has 0 aromatic rings. The highest BCUT2D eigenvalue weighted by Crippen LogP contribution is 2.20. The highest BCUT2D eigenvalue weighted by molar-refractivity contribution is 7.86. The van der Waals surface area contributed by atoms with Crippen molar-refractivity contribution in [2.45, 2.75) is 31.7 Å². The first-order chi connectivity index (χ1) is 9.57. The van der Waals surface area contributed by atoms with Crippen LogP contribution in [0.5, 0.6) is 0 Å². The Morgan fingerprint density at radius 1 is 1.15 bits per heavy atom. The summed E-state index contributed by atoms with van der Waals surface area (Å²) in [5.74, 6) is -0.567. The molecule has 0 aromatic carbocycles. The van der Waals surface area contributed by atoms with Crippen molar-refractivity contribution < 1.29 is 22.7 Å². The summed E-state index contributed by atoms with van der Waals surface area (Å²) in [6, 6.07) is -0.873. The maximum Gasteiger partial charge on any atom is 0.326 e. The average Bonchev–Trinajstić information content (AvgIpc) is 2.76. The molecule has 1 unspecified atom stereocenters. The van der Waals surface area contributed by atoms with Crippen LogP contribution in [0.25, 0.3) is 0 Å². The van der Waals surface area contributed by atoms with E-state index in [0.717, 1.165) is 25.7 Å². The van der Waals surface area contributed by atoms with Crippen LogP contribution in [-0.4, -0.2) is 69.0 Å². The highest BCUT2D eigenvalue weighted by Gasteiger charge is 2.41. The van der Waals surface area contributed by atoms with Gasteiger partial charge in [-0.15, -0.1) is 0 Å². The van der Waals surface area contributed by atoms with Crippen molar-refractivity contribution in [2.24, 2.45) is 0 Å². The van der Waals surface area contributed by atoms with Crippen molar-refractivity contribution in [3.05, 3.63) is 0 Å². The fourth-order valence-electron chi connectivity index (χ4n) is 2.61. The van der Waals surface area contributed by atoms with Crippen molar-refractivity contribution in [3.8, 4) is 0 Å². The third-order valence-electron chi connectivity index (χ3n) is 3.74. The van der Waals surface area contributed by atoms with Crippen LogP contribution < -0.4 is 0 Å². The molecule has 116 valence electrons. The number of carbonyl (C=O) groups excluding carboxylic acids is 1. The van der Waals surface area contributed by atoms with Gasteiger partial charge in [0.25, 0.3) is 10.2 Å². The van der Waals surface area contributed by atoms with E-state index in [-0.39, 0.29) is 13.2 Å². The standard InChI is InChI=1S/C12H22N2O5S/c1-18-12(15)11-10-19-9-8-14(11)20(16,17)13-6-4-2-3-5-7-13/h11H,2-10H2,1H3. The van der Waals surface area contributed by atoms with Gasteiger partial charge in [0, 0.05) is 19.6 Å². The van der Waals surface area contributed by atoms with Crippen LogP contribution in [0.2, 0.25) is 0 Å². The van der Waals surface area contributed by atoms with E-state index < -0.39 is 22.2 Å². The third kappa shape index (κ3) is 3.30. The third-order valence-corrected chi connectivity index (χ3v) is 5.79. The molecule has 8 heteroatoms. The zero-order chi connectivity index (χ0) is 14.6. The van der Waals surface area contributed by atoms with Gasteiger partial charge in [0.15, 0.2) is 0 Å². The summed E-state index contributed by atoms with van der Waals surface area (Å²) in [7, 11) is -2.37. The van der Waals surface area contributed by atoms with Crippen molar-refractivity contribution in [2.75, 3.05) is 40.0 Å². The molecule has 0 N–H and O–H groups in total. The molecule has 0 amide bonds. The molecule has 2 aliphatic heterocycles. The Kier molecular flexibility index (Phi) is 5.36. The van der Waals surface area contributed by atoms with E-state index in [2.05, 4.69) is 4.74 Å². The monoisotopic (exact) mass is 306 g/mol. The van der Waals surface area contributed by atoms with Gasteiger partial charge in [0.2, 0.25) is 0 Å². The number of morpholine rings is 1. The van der Waals surface area contributed by atoms with Crippen LogP contribution in [0.3, 0.4) is 0 Å². The number of ether oxygens (including phenoxy) is 2. The predicted octanol–water partition coefficient (Wildman–Crippen LogP) is -0.0190. The maximum absolute atomic E-state index is 12.7. The Morgan fingerprint density at radius 2 is 1.80 bits per heavy atom. The molecule has 0 aromatic heterocycles. The first kappa shape index (κ1) is 15.7. The van der Waals surface area contributed by atoms with Crippen LogP contribution in [0.1, 0.15) is 25.7 Å². The highest BCUT2D eigenvalue weighted by atomic mass is 32.2. The van der Waals surface area contributed by atoms with Gasteiger partial charge >= 0.3 is 5.97 Å². The lowest BCUT2D eigenvalue weighted by atomic mass is 10.2. The molecule has 1 atom stereocenters. The normalized spacial score (nSPS) is 26.9. The molecule has 2 saturated heterocycles. The summed E-state index contributed by atoms with van der Waals surface area (Å²) in [5, 5.41) is 0. The molecule has 7 nitrogen and oxygen atoms in total. The van der Waals surface area contributed by atoms with Gasteiger partial charge in [-0.25, -0.2) is 0 Å². The van der Waals surface area contributed by atoms with E-state index in [9.17, 15) is 13.2 Å². The quantitative estimate of drug-likeness (QED) is 0.685. The fraction of sp³-hybridized carbons (Fsp3) is 0.917. The number of hydrogen-bond donors (Lipinski definition) is 0. The average molecular weight is 306 g/mol. The van der Waals surface area contributed by atoms with Crippen molar-refractivity contribution in [1.82, 2.24) is 8.61 Å². The minimum atomic E-state index is -3.63. The van der Waals surface area contributed by atoms with Gasteiger partial charge in [-0.1, -0.05) is 12.8 Å². The van der Waals surface area contributed by atoms with E-state index >= 15 is 0 Å². The zero-order valence-corrected chi connectivity index (χ0v) is 12.6. The molecule has 2 fully saturated rings. The fourth-order valence-corrected chi connectivity index (χ4v) is 4.40. The van der Waals surface area contributed by atoms with Gasteiger partial charge in [-0.2, -0.15) is 17.0 Å². The molecule has 2 rings (SSSR count). The van der Waals surface area contributed by atoms with E-state index in [0.29, 0.717) is 19.7 Å². The van der Waals surface area contributed by atoms with Crippen LogP contribution in [0, 0.1) is 0 Å². The first-order valence-electron chi connectivity index (χ1n) is 7.00. The Balaban J connectivity index is 2.18. The van der Waals surface area contributed by atoms with Crippen LogP contribution >= 0.6 is 0 Å². The van der Waals surface area contributed by atoms with Crippen LogP contribution in [0.4, 0.5) is 0 Å². The number of methoxy groups -OCH3 is 1. The number of esters is 1. The molecule has 20 heavy (non-hydrogen) atoms. The van der Waals surface area contributed by atoms with Crippen molar-refractivity contribution >= 4 is 16.2 Å². The van der Waals surface area contributed by atoms with Crippen molar-refractivity contribution in [1.29, 1.82) is 0 Å². The molecule has 0 saturated carbocycles. The largest absolute Gasteiger partial charge is 0.468 e. The second-order valence-corrected chi connectivity index (χ2v) is 6.93.